The van der Waals surface area contributed by atoms with Gasteiger partial charge in [-0.05, 0) is 32.4 Å². The number of aryl methyl sites for hydroxylation is 1. The molecule has 3 nitrogen and oxygen atoms in total. The number of benzene rings is 1. The van der Waals surface area contributed by atoms with Crippen LogP contribution in [0.15, 0.2) is 6.07 Å². The van der Waals surface area contributed by atoms with Gasteiger partial charge in [-0.2, -0.15) is 0 Å². The minimum Gasteiger partial charge on any atom is -0.504 e. The zero-order valence-electron chi connectivity index (χ0n) is 8.30. The summed E-state index contributed by atoms with van der Waals surface area (Å²) in [5.41, 5.74) is -1.11. The summed E-state index contributed by atoms with van der Waals surface area (Å²) < 4.78 is 13.4. The predicted octanol–water partition coefficient (Wildman–Crippen LogP) is 1.77. The molecule has 1 rings (SSSR count). The van der Waals surface area contributed by atoms with Crippen LogP contribution in [0, 0.1) is 12.7 Å². The van der Waals surface area contributed by atoms with Crippen LogP contribution in [-0.2, 0) is 5.60 Å². The van der Waals surface area contributed by atoms with Crippen LogP contribution in [0.2, 0.25) is 0 Å². The van der Waals surface area contributed by atoms with Crippen LogP contribution in [0.5, 0.6) is 11.5 Å². The molecule has 0 fully saturated rings. The quantitative estimate of drug-likeness (QED) is 0.605. The van der Waals surface area contributed by atoms with E-state index in [0.717, 1.165) is 0 Å². The maximum absolute atomic E-state index is 13.4. The highest BCUT2D eigenvalue weighted by molar-refractivity contribution is 5.49. The number of phenolic OH excluding ortho intramolecular Hbond substituents is 2. The molecule has 0 heterocycles. The van der Waals surface area contributed by atoms with Gasteiger partial charge in [0.15, 0.2) is 17.3 Å². The van der Waals surface area contributed by atoms with E-state index < -0.39 is 22.9 Å². The van der Waals surface area contributed by atoms with Crippen molar-refractivity contribution >= 4 is 0 Å². The van der Waals surface area contributed by atoms with E-state index in [1.165, 1.54) is 26.8 Å². The Morgan fingerprint density at radius 2 is 1.71 bits per heavy atom. The van der Waals surface area contributed by atoms with Gasteiger partial charge >= 0.3 is 0 Å². The van der Waals surface area contributed by atoms with E-state index in [0.29, 0.717) is 5.56 Å². The fourth-order valence-corrected chi connectivity index (χ4v) is 1.21. The number of rotatable bonds is 1. The zero-order valence-corrected chi connectivity index (χ0v) is 8.30. The minimum absolute atomic E-state index is 0.0368. The molecule has 4 heteroatoms. The molecule has 0 aliphatic carbocycles. The molecule has 1 aromatic carbocycles. The molecular weight excluding hydrogens is 187 g/mol. The lowest BCUT2D eigenvalue weighted by molar-refractivity contribution is 0.0737. The van der Waals surface area contributed by atoms with Gasteiger partial charge in [0.05, 0.1) is 5.60 Å². The van der Waals surface area contributed by atoms with E-state index >= 15 is 0 Å². The normalized spacial score (nSPS) is 11.8. The van der Waals surface area contributed by atoms with Crippen LogP contribution < -0.4 is 0 Å². The Morgan fingerprint density at radius 1 is 1.21 bits per heavy atom. The van der Waals surface area contributed by atoms with Crippen molar-refractivity contribution < 1.29 is 19.7 Å². The summed E-state index contributed by atoms with van der Waals surface area (Å²) in [6.45, 7) is 4.33. The Balaban J connectivity index is 3.49. The second kappa shape index (κ2) is 3.13. The molecule has 0 aliphatic heterocycles. The van der Waals surface area contributed by atoms with Crippen molar-refractivity contribution in [3.8, 4) is 11.5 Å². The maximum atomic E-state index is 13.4. The number of aromatic hydroxyl groups is 2. The number of halogens is 1. The Labute approximate surface area is 81.4 Å². The number of aliphatic hydroxyl groups is 1. The van der Waals surface area contributed by atoms with E-state index in [2.05, 4.69) is 0 Å². The Morgan fingerprint density at radius 3 is 2.14 bits per heavy atom. The lowest BCUT2D eigenvalue weighted by atomic mass is 9.95. The average molecular weight is 200 g/mol. The topological polar surface area (TPSA) is 60.7 Å². The SMILES string of the molecule is Cc1cc(C(C)(C)O)c(F)c(O)c1O. The van der Waals surface area contributed by atoms with Crippen LogP contribution in [-0.4, -0.2) is 15.3 Å². The van der Waals surface area contributed by atoms with E-state index in [4.69, 9.17) is 0 Å². The fourth-order valence-electron chi connectivity index (χ4n) is 1.21. The van der Waals surface area contributed by atoms with Crippen molar-refractivity contribution in [2.45, 2.75) is 26.4 Å². The fraction of sp³-hybridized carbons (Fsp3) is 0.400. The van der Waals surface area contributed by atoms with Crippen molar-refractivity contribution in [1.82, 2.24) is 0 Å². The first-order chi connectivity index (χ1) is 6.25. The molecule has 0 atom stereocenters. The van der Waals surface area contributed by atoms with E-state index in [1.807, 2.05) is 0 Å². The molecule has 78 valence electrons. The van der Waals surface area contributed by atoms with Crippen molar-refractivity contribution in [2.75, 3.05) is 0 Å². The van der Waals surface area contributed by atoms with Crippen LogP contribution in [0.1, 0.15) is 25.0 Å². The second-order valence-electron chi connectivity index (χ2n) is 3.81. The smallest absolute Gasteiger partial charge is 0.194 e. The standard InChI is InChI=1S/C10H13FO3/c1-5-4-6(10(2,3)14)7(11)9(13)8(5)12/h4,12-14H,1-3H3. The highest BCUT2D eigenvalue weighted by Crippen LogP contribution is 2.37. The summed E-state index contributed by atoms with van der Waals surface area (Å²) in [7, 11) is 0. The monoisotopic (exact) mass is 200 g/mol. The molecular formula is C10H13FO3. The van der Waals surface area contributed by atoms with Gasteiger partial charge < -0.3 is 15.3 Å². The summed E-state index contributed by atoms with van der Waals surface area (Å²) >= 11 is 0. The van der Waals surface area contributed by atoms with E-state index in [9.17, 15) is 19.7 Å². The molecule has 0 saturated carbocycles. The van der Waals surface area contributed by atoms with Gasteiger partial charge in [0, 0.05) is 5.56 Å². The molecule has 0 amide bonds. The molecule has 0 aromatic heterocycles. The molecule has 0 aliphatic rings. The molecule has 0 unspecified atom stereocenters. The summed E-state index contributed by atoms with van der Waals surface area (Å²) in [5.74, 6) is -2.29. The lowest BCUT2D eigenvalue weighted by Crippen LogP contribution is -2.17. The first-order valence-electron chi connectivity index (χ1n) is 4.19. The highest BCUT2D eigenvalue weighted by atomic mass is 19.1. The van der Waals surface area contributed by atoms with E-state index in [-0.39, 0.29) is 5.56 Å². The van der Waals surface area contributed by atoms with Crippen molar-refractivity contribution in [1.29, 1.82) is 0 Å². The van der Waals surface area contributed by atoms with E-state index in [1.54, 1.807) is 0 Å². The maximum Gasteiger partial charge on any atom is 0.194 e. The van der Waals surface area contributed by atoms with Gasteiger partial charge in [-0.25, -0.2) is 4.39 Å². The predicted molar refractivity (Wildman–Crippen MR) is 49.7 cm³/mol. The van der Waals surface area contributed by atoms with Crippen LogP contribution in [0.25, 0.3) is 0 Å². The zero-order chi connectivity index (χ0) is 11.1. The van der Waals surface area contributed by atoms with Gasteiger partial charge in [0.1, 0.15) is 0 Å². The molecule has 0 bridgehead atoms. The molecule has 14 heavy (non-hydrogen) atoms. The number of hydrogen-bond donors (Lipinski definition) is 3. The first kappa shape index (κ1) is 10.8. The Kier molecular flexibility index (Phi) is 2.41. The summed E-state index contributed by atoms with van der Waals surface area (Å²) in [6, 6.07) is 1.31. The van der Waals surface area contributed by atoms with Gasteiger partial charge in [0.25, 0.3) is 0 Å². The Bertz CT molecular complexity index is 367. The lowest BCUT2D eigenvalue weighted by Gasteiger charge is -2.20. The van der Waals surface area contributed by atoms with Crippen LogP contribution in [0.3, 0.4) is 0 Å². The molecule has 0 radical (unpaired) electrons. The number of phenols is 2. The average Bonchev–Trinajstić information content (AvgIpc) is 2.06. The van der Waals surface area contributed by atoms with Gasteiger partial charge in [0.2, 0.25) is 0 Å². The summed E-state index contributed by atoms with van der Waals surface area (Å²) in [4.78, 5) is 0. The molecule has 1 aromatic rings. The third-order valence-corrected chi connectivity index (χ3v) is 2.06. The van der Waals surface area contributed by atoms with Gasteiger partial charge in [-0.15, -0.1) is 0 Å². The van der Waals surface area contributed by atoms with Gasteiger partial charge in [-0.1, -0.05) is 0 Å². The highest BCUT2D eigenvalue weighted by Gasteiger charge is 2.25. The first-order valence-corrected chi connectivity index (χ1v) is 4.19. The molecule has 0 saturated heterocycles. The van der Waals surface area contributed by atoms with Crippen molar-refractivity contribution in [3.05, 3.63) is 23.0 Å². The minimum atomic E-state index is -1.39. The largest absolute Gasteiger partial charge is 0.504 e. The van der Waals surface area contributed by atoms with Crippen molar-refractivity contribution in [3.63, 3.8) is 0 Å². The third kappa shape index (κ3) is 1.65. The third-order valence-electron chi connectivity index (χ3n) is 2.06. The second-order valence-corrected chi connectivity index (χ2v) is 3.81. The molecule has 3 N–H and O–H groups in total. The summed E-state index contributed by atoms with van der Waals surface area (Å²) in [5, 5.41) is 28.0. The Hall–Kier alpha value is -1.29. The summed E-state index contributed by atoms with van der Waals surface area (Å²) in [6.07, 6.45) is 0. The van der Waals surface area contributed by atoms with Crippen LogP contribution in [0.4, 0.5) is 4.39 Å². The molecule has 0 spiro atoms. The van der Waals surface area contributed by atoms with Gasteiger partial charge in [-0.3, -0.25) is 0 Å². The van der Waals surface area contributed by atoms with Crippen LogP contribution >= 0.6 is 0 Å². The number of hydrogen-bond acceptors (Lipinski definition) is 3. The van der Waals surface area contributed by atoms with Crippen molar-refractivity contribution in [2.24, 2.45) is 0 Å².